The largest absolute Gasteiger partial charge is 0.330 e. The number of rotatable bonds is 4. The third-order valence-corrected chi connectivity index (χ3v) is 5.43. The molecule has 0 amide bonds. The molecule has 0 radical (unpaired) electrons. The van der Waals surface area contributed by atoms with Gasteiger partial charge in [-0.15, -0.1) is 0 Å². The number of nitro groups is 1. The van der Waals surface area contributed by atoms with Crippen molar-refractivity contribution in [3.8, 4) is 0 Å². The van der Waals surface area contributed by atoms with Crippen LogP contribution >= 0.6 is 0 Å². The van der Waals surface area contributed by atoms with Gasteiger partial charge in [0.25, 0.3) is 0 Å². The van der Waals surface area contributed by atoms with Crippen molar-refractivity contribution in [3.05, 3.63) is 34.1 Å². The van der Waals surface area contributed by atoms with E-state index in [4.69, 9.17) is 5.73 Å². The van der Waals surface area contributed by atoms with Gasteiger partial charge < -0.3 is 5.73 Å². The Morgan fingerprint density at radius 3 is 2.81 bits per heavy atom. The van der Waals surface area contributed by atoms with Gasteiger partial charge in [-0.3, -0.25) is 10.1 Å². The molecule has 1 aromatic carbocycles. The fraction of sp³-hybridized carbons (Fsp3) is 0.500. The fourth-order valence-corrected chi connectivity index (χ4v) is 3.95. The first-order valence-electron chi connectivity index (χ1n) is 6.50. The molecule has 1 unspecified atom stereocenters. The first-order valence-corrected chi connectivity index (χ1v) is 7.94. The molecule has 1 aliphatic heterocycles. The predicted octanol–water partition coefficient (Wildman–Crippen LogP) is 1.09. The average molecular weight is 317 g/mol. The number of halogens is 1. The lowest BCUT2D eigenvalue weighted by molar-refractivity contribution is -0.387. The summed E-state index contributed by atoms with van der Waals surface area (Å²) in [6, 6.07) is 2.61. The van der Waals surface area contributed by atoms with Crippen LogP contribution < -0.4 is 5.73 Å². The summed E-state index contributed by atoms with van der Waals surface area (Å²) in [7, 11) is -3.87. The van der Waals surface area contributed by atoms with E-state index >= 15 is 0 Å². The normalized spacial score (nSPS) is 20.4. The highest BCUT2D eigenvalue weighted by Gasteiger charge is 2.31. The van der Waals surface area contributed by atoms with Crippen LogP contribution in [-0.4, -0.2) is 37.3 Å². The van der Waals surface area contributed by atoms with Crippen LogP contribution in [0.15, 0.2) is 23.1 Å². The van der Waals surface area contributed by atoms with E-state index in [1.165, 1.54) is 4.31 Å². The summed E-state index contributed by atoms with van der Waals surface area (Å²) in [6.07, 6.45) is 1.54. The highest BCUT2D eigenvalue weighted by atomic mass is 32.2. The third kappa shape index (κ3) is 3.20. The molecule has 2 N–H and O–H groups in total. The molecule has 0 aromatic heterocycles. The first-order chi connectivity index (χ1) is 9.86. The zero-order chi connectivity index (χ0) is 15.6. The molecule has 1 atom stereocenters. The number of nitrogens with zero attached hydrogens (tertiary/aromatic N) is 2. The van der Waals surface area contributed by atoms with Crippen molar-refractivity contribution < 1.29 is 17.7 Å². The molecule has 21 heavy (non-hydrogen) atoms. The molecule has 7 nitrogen and oxygen atoms in total. The fourth-order valence-electron chi connectivity index (χ4n) is 2.38. The SMILES string of the molecule is NCC1CCCN(S(=O)(=O)c2ccc(F)c([N+](=O)[O-])c2)C1. The quantitative estimate of drug-likeness (QED) is 0.661. The molecule has 1 aliphatic rings. The second kappa shape index (κ2) is 6.04. The van der Waals surface area contributed by atoms with Crippen molar-refractivity contribution in [1.82, 2.24) is 4.31 Å². The minimum atomic E-state index is -3.87. The molecule has 9 heteroatoms. The van der Waals surface area contributed by atoms with Gasteiger partial charge in [0.1, 0.15) is 0 Å². The molecule has 1 heterocycles. The van der Waals surface area contributed by atoms with Gasteiger partial charge in [-0.1, -0.05) is 0 Å². The van der Waals surface area contributed by atoms with Gasteiger partial charge in [-0.05, 0) is 37.4 Å². The van der Waals surface area contributed by atoms with E-state index in [-0.39, 0.29) is 17.4 Å². The zero-order valence-electron chi connectivity index (χ0n) is 11.2. The van der Waals surface area contributed by atoms with Gasteiger partial charge >= 0.3 is 5.69 Å². The maximum absolute atomic E-state index is 13.3. The van der Waals surface area contributed by atoms with Crippen LogP contribution in [0.2, 0.25) is 0 Å². The van der Waals surface area contributed by atoms with Gasteiger partial charge in [0.15, 0.2) is 0 Å². The van der Waals surface area contributed by atoms with Crippen molar-refractivity contribution in [1.29, 1.82) is 0 Å². The number of benzene rings is 1. The number of nitro benzene ring substituents is 1. The lowest BCUT2D eigenvalue weighted by Gasteiger charge is -2.31. The Morgan fingerprint density at radius 1 is 1.48 bits per heavy atom. The van der Waals surface area contributed by atoms with E-state index in [1.54, 1.807) is 0 Å². The van der Waals surface area contributed by atoms with Gasteiger partial charge in [0, 0.05) is 19.2 Å². The lowest BCUT2D eigenvalue weighted by atomic mass is 10.0. The number of sulfonamides is 1. The smallest absolute Gasteiger partial charge is 0.306 e. The van der Waals surface area contributed by atoms with Crippen LogP contribution in [0.4, 0.5) is 10.1 Å². The summed E-state index contributed by atoms with van der Waals surface area (Å²) in [5, 5.41) is 10.7. The van der Waals surface area contributed by atoms with Crippen molar-refractivity contribution in [3.63, 3.8) is 0 Å². The van der Waals surface area contributed by atoms with Crippen LogP contribution in [-0.2, 0) is 10.0 Å². The molecule has 0 saturated carbocycles. The molecule has 0 spiro atoms. The Labute approximate surface area is 121 Å². The highest BCUT2D eigenvalue weighted by Crippen LogP contribution is 2.27. The molecule has 1 saturated heterocycles. The van der Waals surface area contributed by atoms with E-state index in [2.05, 4.69) is 0 Å². The maximum Gasteiger partial charge on any atom is 0.306 e. The highest BCUT2D eigenvalue weighted by molar-refractivity contribution is 7.89. The minimum absolute atomic E-state index is 0.0731. The Kier molecular flexibility index (Phi) is 4.55. The molecule has 2 rings (SSSR count). The Bertz CT molecular complexity index is 650. The predicted molar refractivity (Wildman–Crippen MR) is 73.6 cm³/mol. The van der Waals surface area contributed by atoms with E-state index in [0.717, 1.165) is 24.6 Å². The van der Waals surface area contributed by atoms with Crippen molar-refractivity contribution >= 4 is 15.7 Å². The number of hydrogen-bond donors (Lipinski definition) is 1. The van der Waals surface area contributed by atoms with Crippen LogP contribution in [0.3, 0.4) is 0 Å². The standard InChI is InChI=1S/C12H16FN3O4S/c13-11-4-3-10(6-12(11)16(17)18)21(19,20)15-5-1-2-9(7-14)8-15/h3-4,6,9H,1-2,5,7-8,14H2. The molecule has 0 bridgehead atoms. The average Bonchev–Trinajstić information content (AvgIpc) is 2.47. The Hall–Kier alpha value is -1.58. The topological polar surface area (TPSA) is 107 Å². The summed E-state index contributed by atoms with van der Waals surface area (Å²) < 4.78 is 39.5. The number of hydrogen-bond acceptors (Lipinski definition) is 5. The van der Waals surface area contributed by atoms with E-state index in [0.29, 0.717) is 19.5 Å². The molecular weight excluding hydrogens is 301 g/mol. The van der Waals surface area contributed by atoms with Gasteiger partial charge in [-0.25, -0.2) is 8.42 Å². The maximum atomic E-state index is 13.3. The molecule has 1 aromatic rings. The van der Waals surface area contributed by atoms with Crippen molar-refractivity contribution in [2.24, 2.45) is 11.7 Å². The summed E-state index contributed by atoms with van der Waals surface area (Å²) in [5.74, 6) is -0.985. The van der Waals surface area contributed by atoms with E-state index < -0.39 is 26.5 Å². The molecule has 1 fully saturated rings. The van der Waals surface area contributed by atoms with Gasteiger partial charge in [0.05, 0.1) is 9.82 Å². The van der Waals surface area contributed by atoms with Crippen LogP contribution in [0, 0.1) is 21.8 Å². The summed E-state index contributed by atoms with van der Waals surface area (Å²) >= 11 is 0. The molecule has 116 valence electrons. The van der Waals surface area contributed by atoms with Gasteiger partial charge in [-0.2, -0.15) is 8.70 Å². The zero-order valence-corrected chi connectivity index (χ0v) is 12.1. The van der Waals surface area contributed by atoms with Crippen molar-refractivity contribution in [2.75, 3.05) is 19.6 Å². The molecule has 0 aliphatic carbocycles. The lowest BCUT2D eigenvalue weighted by Crippen LogP contribution is -2.41. The Morgan fingerprint density at radius 2 is 2.19 bits per heavy atom. The summed E-state index contributed by atoms with van der Waals surface area (Å²) in [4.78, 5) is 9.51. The van der Waals surface area contributed by atoms with Crippen LogP contribution in [0.5, 0.6) is 0 Å². The monoisotopic (exact) mass is 317 g/mol. The Balaban J connectivity index is 2.35. The third-order valence-electron chi connectivity index (χ3n) is 3.57. The summed E-state index contributed by atoms with van der Waals surface area (Å²) in [6.45, 7) is 1.00. The van der Waals surface area contributed by atoms with Crippen LogP contribution in [0.25, 0.3) is 0 Å². The van der Waals surface area contributed by atoms with E-state index in [1.807, 2.05) is 0 Å². The second-order valence-corrected chi connectivity index (χ2v) is 6.92. The van der Waals surface area contributed by atoms with E-state index in [9.17, 15) is 22.9 Å². The van der Waals surface area contributed by atoms with Crippen LogP contribution in [0.1, 0.15) is 12.8 Å². The molecular formula is C12H16FN3O4S. The first kappa shape index (κ1) is 15.8. The second-order valence-electron chi connectivity index (χ2n) is 4.98. The number of piperidine rings is 1. The minimum Gasteiger partial charge on any atom is -0.330 e. The summed E-state index contributed by atoms with van der Waals surface area (Å²) in [5.41, 5.74) is 4.73. The van der Waals surface area contributed by atoms with Gasteiger partial charge in [0.2, 0.25) is 15.8 Å². The van der Waals surface area contributed by atoms with Crippen molar-refractivity contribution in [2.45, 2.75) is 17.7 Å². The number of nitrogens with two attached hydrogens (primary N) is 1.